The van der Waals surface area contributed by atoms with Gasteiger partial charge in [-0.15, -0.1) is 0 Å². The number of fused-ring (bicyclic) bond motifs is 1. The number of hydrogen-bond donors (Lipinski definition) is 1. The lowest BCUT2D eigenvalue weighted by atomic mass is 9.78. The maximum atomic E-state index is 14.7. The lowest BCUT2D eigenvalue weighted by molar-refractivity contribution is -0.154. The van der Waals surface area contributed by atoms with Crippen LogP contribution in [0.1, 0.15) is 73.4 Å². The molecular formula is C24H28F2N2O4. The Hall–Kier alpha value is -2.64. The number of Topliss-reactive ketones (excluding diaryl/α,β-unsaturated/α-hetero) is 1. The van der Waals surface area contributed by atoms with Gasteiger partial charge in [-0.1, -0.05) is 31.9 Å². The molecule has 2 aliphatic heterocycles. The summed E-state index contributed by atoms with van der Waals surface area (Å²) in [4.78, 5) is 50.0. The minimum absolute atomic E-state index is 0.178. The molecule has 1 aromatic carbocycles. The third-order valence-corrected chi connectivity index (χ3v) is 7.13. The smallest absolute Gasteiger partial charge is 0.308 e. The van der Waals surface area contributed by atoms with Gasteiger partial charge in [-0.3, -0.25) is 24.5 Å². The molecule has 2 heterocycles. The minimum Gasteiger partial charge on any atom is -0.322 e. The highest BCUT2D eigenvalue weighted by molar-refractivity contribution is 6.05. The van der Waals surface area contributed by atoms with Crippen LogP contribution in [-0.2, 0) is 27.3 Å². The normalized spacial score (nSPS) is 26.2. The molecule has 172 valence electrons. The van der Waals surface area contributed by atoms with E-state index in [0.717, 1.165) is 12.8 Å². The van der Waals surface area contributed by atoms with Crippen LogP contribution in [0.5, 0.6) is 0 Å². The molecule has 1 N–H and O–H groups in total. The van der Waals surface area contributed by atoms with Crippen molar-refractivity contribution in [2.75, 3.05) is 0 Å². The number of piperidine rings is 1. The number of halogens is 2. The third kappa shape index (κ3) is 4.32. The van der Waals surface area contributed by atoms with Gasteiger partial charge in [-0.25, -0.2) is 0 Å². The zero-order chi connectivity index (χ0) is 23.0. The fourth-order valence-electron chi connectivity index (χ4n) is 5.06. The number of nitrogens with zero attached hydrogens (tertiary/aromatic N) is 1. The summed E-state index contributed by atoms with van der Waals surface area (Å²) in [5.41, 5.74) is 1.88. The monoisotopic (exact) mass is 446 g/mol. The minimum atomic E-state index is -3.30. The number of carbonyl (C=O) groups excluding carboxylic acids is 4. The molecule has 0 spiro atoms. The highest BCUT2D eigenvalue weighted by atomic mass is 19.3. The summed E-state index contributed by atoms with van der Waals surface area (Å²) in [6, 6.07) is 4.37. The molecule has 3 aliphatic rings. The molecule has 0 bridgehead atoms. The maximum Gasteiger partial charge on any atom is 0.308 e. The lowest BCUT2D eigenvalue weighted by Gasteiger charge is -2.31. The topological polar surface area (TPSA) is 83.6 Å². The zero-order valence-corrected chi connectivity index (χ0v) is 18.2. The molecule has 1 unspecified atom stereocenters. The Morgan fingerprint density at radius 2 is 1.84 bits per heavy atom. The van der Waals surface area contributed by atoms with Crippen molar-refractivity contribution in [2.24, 2.45) is 11.8 Å². The van der Waals surface area contributed by atoms with E-state index >= 15 is 0 Å². The largest absolute Gasteiger partial charge is 0.322 e. The molecule has 4 rings (SSSR count). The van der Waals surface area contributed by atoms with E-state index in [1.165, 1.54) is 4.90 Å². The van der Waals surface area contributed by atoms with Crippen LogP contribution < -0.4 is 5.32 Å². The van der Waals surface area contributed by atoms with Crippen LogP contribution in [0.15, 0.2) is 18.2 Å². The number of nitrogens with one attached hydrogen (secondary N) is 1. The summed E-state index contributed by atoms with van der Waals surface area (Å²) in [6.45, 7) is 2.27. The Balaban J connectivity index is 1.38. The van der Waals surface area contributed by atoms with E-state index < -0.39 is 29.6 Å². The second kappa shape index (κ2) is 8.71. The van der Waals surface area contributed by atoms with Gasteiger partial charge in [0, 0.05) is 30.9 Å². The van der Waals surface area contributed by atoms with Gasteiger partial charge >= 0.3 is 5.92 Å². The van der Waals surface area contributed by atoms with Gasteiger partial charge in [0.05, 0.1) is 0 Å². The van der Waals surface area contributed by atoms with E-state index in [1.54, 1.807) is 18.2 Å². The number of aryl methyl sites for hydroxylation is 1. The lowest BCUT2D eigenvalue weighted by Crippen LogP contribution is -2.52. The average Bonchev–Trinajstić information content (AvgIpc) is 3.08. The van der Waals surface area contributed by atoms with Crippen LogP contribution in [0.3, 0.4) is 0 Å². The van der Waals surface area contributed by atoms with Crippen LogP contribution >= 0.6 is 0 Å². The Morgan fingerprint density at radius 3 is 2.53 bits per heavy atom. The number of alkyl halides is 2. The second-order valence-corrected chi connectivity index (χ2v) is 9.39. The van der Waals surface area contributed by atoms with Crippen molar-refractivity contribution in [3.05, 3.63) is 34.9 Å². The first-order valence-electron chi connectivity index (χ1n) is 11.3. The molecule has 8 heteroatoms. The first kappa shape index (κ1) is 22.6. The number of rotatable bonds is 6. The molecule has 2 fully saturated rings. The summed E-state index contributed by atoms with van der Waals surface area (Å²) in [7, 11) is 0. The van der Waals surface area contributed by atoms with Crippen LogP contribution in [0.4, 0.5) is 8.78 Å². The van der Waals surface area contributed by atoms with Crippen molar-refractivity contribution in [1.82, 2.24) is 10.2 Å². The van der Waals surface area contributed by atoms with E-state index in [1.807, 2.05) is 0 Å². The first-order chi connectivity index (χ1) is 15.2. The molecule has 1 atom stereocenters. The van der Waals surface area contributed by atoms with Crippen molar-refractivity contribution in [1.29, 1.82) is 0 Å². The number of amides is 3. The second-order valence-electron chi connectivity index (χ2n) is 9.39. The first-order valence-corrected chi connectivity index (χ1v) is 11.3. The average molecular weight is 446 g/mol. The number of hydrogen-bond acceptors (Lipinski definition) is 4. The van der Waals surface area contributed by atoms with Crippen LogP contribution in [0.25, 0.3) is 0 Å². The van der Waals surface area contributed by atoms with Crippen LogP contribution in [0, 0.1) is 11.8 Å². The molecule has 32 heavy (non-hydrogen) atoms. The molecular weight excluding hydrogens is 418 g/mol. The van der Waals surface area contributed by atoms with Gasteiger partial charge in [0.1, 0.15) is 6.04 Å². The van der Waals surface area contributed by atoms with Gasteiger partial charge in [-0.05, 0) is 48.8 Å². The highest BCUT2D eigenvalue weighted by Crippen LogP contribution is 2.40. The molecule has 6 nitrogen and oxygen atoms in total. The predicted molar refractivity (Wildman–Crippen MR) is 112 cm³/mol. The summed E-state index contributed by atoms with van der Waals surface area (Å²) in [6.07, 6.45) is 2.62. The maximum absolute atomic E-state index is 14.7. The summed E-state index contributed by atoms with van der Waals surface area (Å²) < 4.78 is 29.3. The number of ketones is 1. The summed E-state index contributed by atoms with van der Waals surface area (Å²) in [5.74, 6) is -5.85. The van der Waals surface area contributed by atoms with Gasteiger partial charge in [0.2, 0.25) is 17.6 Å². The Kier molecular flexibility index (Phi) is 6.14. The van der Waals surface area contributed by atoms with Crippen molar-refractivity contribution >= 4 is 23.5 Å². The number of imide groups is 1. The fourth-order valence-corrected chi connectivity index (χ4v) is 5.06. The Labute approximate surface area is 185 Å². The van der Waals surface area contributed by atoms with E-state index in [0.29, 0.717) is 35.4 Å². The molecule has 0 aromatic heterocycles. The molecule has 1 saturated heterocycles. The van der Waals surface area contributed by atoms with Crippen molar-refractivity contribution in [2.45, 2.75) is 76.8 Å². The molecule has 3 amide bonds. The van der Waals surface area contributed by atoms with Gasteiger partial charge in [0.25, 0.3) is 5.91 Å². The molecule has 0 radical (unpaired) electrons. The van der Waals surface area contributed by atoms with E-state index in [2.05, 4.69) is 12.2 Å². The van der Waals surface area contributed by atoms with Crippen molar-refractivity contribution in [3.8, 4) is 0 Å². The van der Waals surface area contributed by atoms with Crippen molar-refractivity contribution in [3.63, 3.8) is 0 Å². The molecule has 1 aliphatic carbocycles. The van der Waals surface area contributed by atoms with E-state index in [-0.39, 0.29) is 44.0 Å². The van der Waals surface area contributed by atoms with Gasteiger partial charge in [0.15, 0.2) is 0 Å². The number of carbonyl (C=O) groups is 4. The Bertz CT molecular complexity index is 953. The zero-order valence-electron chi connectivity index (χ0n) is 18.2. The van der Waals surface area contributed by atoms with Crippen LogP contribution in [0.2, 0.25) is 0 Å². The van der Waals surface area contributed by atoms with E-state index in [4.69, 9.17) is 0 Å². The van der Waals surface area contributed by atoms with Crippen molar-refractivity contribution < 1.29 is 28.0 Å². The highest BCUT2D eigenvalue weighted by Gasteiger charge is 2.46. The summed E-state index contributed by atoms with van der Waals surface area (Å²) in [5, 5.41) is 2.26. The molecule has 1 saturated carbocycles. The standard InChI is InChI=1S/C24H28F2N2O4/c1-14-2-6-17(7-3-14)24(25,26)20(29)10-5-15-4-8-18-16(12-15)13-28(23(18)32)19-9-11-21(30)27-22(19)31/h4,8,12,14,17,19H,2-3,5-7,9-11,13H2,1H3,(H,27,30,31). The van der Waals surface area contributed by atoms with Gasteiger partial charge in [-0.2, -0.15) is 8.78 Å². The SMILES string of the molecule is CC1CCC(C(F)(F)C(=O)CCc2ccc3c(c2)CN(C2CCC(=O)NC2=O)C3=O)CC1. The quantitative estimate of drug-likeness (QED) is 0.679. The number of benzene rings is 1. The fraction of sp³-hybridized carbons (Fsp3) is 0.583. The predicted octanol–water partition coefficient (Wildman–Crippen LogP) is 3.41. The Morgan fingerprint density at radius 1 is 1.12 bits per heavy atom. The molecule has 1 aromatic rings. The third-order valence-electron chi connectivity index (χ3n) is 7.13. The van der Waals surface area contributed by atoms with E-state index in [9.17, 15) is 28.0 Å². The van der Waals surface area contributed by atoms with Crippen LogP contribution in [-0.4, -0.2) is 40.4 Å². The van der Waals surface area contributed by atoms with Gasteiger partial charge < -0.3 is 4.90 Å². The summed E-state index contributed by atoms with van der Waals surface area (Å²) >= 11 is 0.